The van der Waals surface area contributed by atoms with Gasteiger partial charge in [-0.2, -0.15) is 12.7 Å². The van der Waals surface area contributed by atoms with Crippen LogP contribution in [0.2, 0.25) is 0 Å². The maximum atomic E-state index is 13.5. The van der Waals surface area contributed by atoms with Crippen LogP contribution < -0.4 is 20.7 Å². The lowest BCUT2D eigenvalue weighted by Gasteiger charge is -2.60. The second kappa shape index (κ2) is 9.33. The molecule has 196 valence electrons. The summed E-state index contributed by atoms with van der Waals surface area (Å²) in [5.74, 6) is 0.350. The predicted molar refractivity (Wildman–Crippen MR) is 135 cm³/mol. The van der Waals surface area contributed by atoms with Crippen LogP contribution in [0.15, 0.2) is 24.3 Å². The van der Waals surface area contributed by atoms with Gasteiger partial charge in [0.05, 0.1) is 17.9 Å². The molecule has 5 fully saturated rings. The minimum atomic E-state index is -3.95. The summed E-state index contributed by atoms with van der Waals surface area (Å²) in [7, 11) is -3.95. The lowest BCUT2D eigenvalue weighted by molar-refractivity contribution is -0.134. The molecule has 0 radical (unpaired) electrons. The predicted octanol–water partition coefficient (Wildman–Crippen LogP) is 1.59. The summed E-state index contributed by atoms with van der Waals surface area (Å²) in [5, 5.41) is 5.86. The Labute approximate surface area is 212 Å². The van der Waals surface area contributed by atoms with Gasteiger partial charge in [-0.15, -0.1) is 0 Å². The van der Waals surface area contributed by atoms with Gasteiger partial charge in [0.25, 0.3) is 0 Å². The number of nitrogens with one attached hydrogen (secondary N) is 2. The SMILES string of the molecule is CC(=O)Nc1ccccc1N1CCCN(CC(=O)NC2C3CC4CC2CC(CC(N)=O)(C4)C3)S1(=O)=O. The molecule has 0 spiro atoms. The van der Waals surface area contributed by atoms with E-state index in [1.54, 1.807) is 24.3 Å². The van der Waals surface area contributed by atoms with Crippen LogP contribution in [-0.4, -0.2) is 56.1 Å². The van der Waals surface area contributed by atoms with Gasteiger partial charge in [0.2, 0.25) is 17.7 Å². The number of nitrogens with zero attached hydrogens (tertiary/aromatic N) is 2. The van der Waals surface area contributed by atoms with Gasteiger partial charge in [0.1, 0.15) is 0 Å². The van der Waals surface area contributed by atoms with E-state index in [9.17, 15) is 22.8 Å². The van der Waals surface area contributed by atoms with Crippen LogP contribution in [0, 0.1) is 23.2 Å². The first kappa shape index (κ1) is 25.0. The van der Waals surface area contributed by atoms with Gasteiger partial charge in [-0.05, 0) is 73.8 Å². The zero-order valence-electron chi connectivity index (χ0n) is 20.6. The highest BCUT2D eigenvalue weighted by atomic mass is 32.2. The summed E-state index contributed by atoms with van der Waals surface area (Å²) in [6, 6.07) is 6.78. The number of rotatable bonds is 7. The fraction of sp³-hybridized carbons (Fsp3) is 0.640. The number of amides is 3. The van der Waals surface area contributed by atoms with Gasteiger partial charge >= 0.3 is 10.2 Å². The van der Waals surface area contributed by atoms with Crippen molar-refractivity contribution in [3.8, 4) is 0 Å². The van der Waals surface area contributed by atoms with Crippen molar-refractivity contribution in [1.82, 2.24) is 9.62 Å². The van der Waals surface area contributed by atoms with Crippen molar-refractivity contribution < 1.29 is 22.8 Å². The molecular weight excluding hydrogens is 482 g/mol. The van der Waals surface area contributed by atoms with Gasteiger partial charge in [0.15, 0.2) is 0 Å². The standard InChI is InChI=1S/C25H35N5O5S/c1-16(31)27-20-5-2-3-6-21(20)30-8-4-7-29(36(30,34)35)15-23(33)28-24-18-9-17-10-19(24)13-25(11-17,12-18)14-22(26)32/h2-3,5-6,17-19,24H,4,7-15H2,1H3,(H2,26,32)(H,27,31)(H,28,33). The normalized spacial score (nSPS) is 32.8. The minimum absolute atomic E-state index is 0.0131. The molecule has 4 bridgehead atoms. The van der Waals surface area contributed by atoms with E-state index < -0.39 is 10.2 Å². The molecule has 1 heterocycles. The van der Waals surface area contributed by atoms with E-state index in [1.807, 2.05) is 0 Å². The number of nitrogens with two attached hydrogens (primary N) is 1. The quantitative estimate of drug-likeness (QED) is 0.504. The number of hydrogen-bond acceptors (Lipinski definition) is 5. The van der Waals surface area contributed by atoms with Gasteiger partial charge in [0, 0.05) is 32.5 Å². The van der Waals surface area contributed by atoms with Crippen LogP contribution >= 0.6 is 0 Å². The van der Waals surface area contributed by atoms with Crippen LogP contribution in [0.1, 0.15) is 51.9 Å². The van der Waals surface area contributed by atoms with E-state index >= 15 is 0 Å². The number of primary amides is 1. The molecule has 1 aliphatic heterocycles. The molecule has 6 rings (SSSR count). The molecule has 3 amide bonds. The molecule has 11 heteroatoms. The molecule has 1 aromatic rings. The molecular formula is C25H35N5O5S. The topological polar surface area (TPSA) is 142 Å². The van der Waals surface area contributed by atoms with Gasteiger partial charge in [-0.1, -0.05) is 12.1 Å². The van der Waals surface area contributed by atoms with Crippen molar-refractivity contribution in [3.63, 3.8) is 0 Å². The van der Waals surface area contributed by atoms with E-state index in [0.29, 0.717) is 42.0 Å². The van der Waals surface area contributed by atoms with Gasteiger partial charge in [-0.3, -0.25) is 18.7 Å². The van der Waals surface area contributed by atoms with E-state index in [1.165, 1.54) is 15.5 Å². The number of benzene rings is 1. The molecule has 2 atom stereocenters. The highest BCUT2D eigenvalue weighted by Crippen LogP contribution is 2.61. The molecule has 4 N–H and O–H groups in total. The van der Waals surface area contributed by atoms with Crippen molar-refractivity contribution >= 4 is 39.3 Å². The highest BCUT2D eigenvalue weighted by Gasteiger charge is 2.56. The smallest absolute Gasteiger partial charge is 0.304 e. The van der Waals surface area contributed by atoms with E-state index in [-0.39, 0.29) is 48.8 Å². The van der Waals surface area contributed by atoms with Crippen molar-refractivity contribution in [2.45, 2.75) is 57.9 Å². The maximum Gasteiger partial charge on any atom is 0.304 e. The fourth-order valence-corrected chi connectivity index (χ4v) is 9.25. The van der Waals surface area contributed by atoms with Crippen LogP contribution in [0.25, 0.3) is 0 Å². The Hall–Kier alpha value is -2.66. The first-order valence-corrected chi connectivity index (χ1v) is 14.2. The first-order valence-electron chi connectivity index (χ1n) is 12.8. The van der Waals surface area contributed by atoms with Crippen LogP contribution in [0.4, 0.5) is 11.4 Å². The fourth-order valence-electron chi connectivity index (χ4n) is 7.56. The molecule has 36 heavy (non-hydrogen) atoms. The third-order valence-corrected chi connectivity index (χ3v) is 10.4. The highest BCUT2D eigenvalue weighted by molar-refractivity contribution is 7.90. The van der Waals surface area contributed by atoms with Gasteiger partial charge < -0.3 is 16.4 Å². The number of carbonyl (C=O) groups excluding carboxylic acids is 3. The van der Waals surface area contributed by atoms with Gasteiger partial charge in [-0.25, -0.2) is 0 Å². The molecule has 0 aromatic heterocycles. The molecule has 4 aliphatic carbocycles. The summed E-state index contributed by atoms with van der Waals surface area (Å²) < 4.78 is 29.5. The Morgan fingerprint density at radius 1 is 1.08 bits per heavy atom. The molecule has 5 aliphatic rings. The molecule has 1 saturated heterocycles. The number of anilines is 2. The summed E-state index contributed by atoms with van der Waals surface area (Å²) in [6.45, 7) is 1.66. The Morgan fingerprint density at radius 2 is 1.78 bits per heavy atom. The Kier molecular flexibility index (Phi) is 6.48. The van der Waals surface area contributed by atoms with Crippen molar-refractivity contribution in [1.29, 1.82) is 0 Å². The Bertz CT molecular complexity index is 1160. The van der Waals surface area contributed by atoms with E-state index in [2.05, 4.69) is 10.6 Å². The zero-order chi connectivity index (χ0) is 25.7. The first-order chi connectivity index (χ1) is 17.1. The lowest BCUT2D eigenvalue weighted by atomic mass is 9.47. The molecule has 4 saturated carbocycles. The third kappa shape index (κ3) is 4.70. The summed E-state index contributed by atoms with van der Waals surface area (Å²) in [4.78, 5) is 36.5. The van der Waals surface area contributed by atoms with Crippen molar-refractivity contribution in [2.24, 2.45) is 28.9 Å². The molecule has 2 unspecified atom stereocenters. The van der Waals surface area contributed by atoms with E-state index in [0.717, 1.165) is 32.1 Å². The van der Waals surface area contributed by atoms with Crippen molar-refractivity contribution in [2.75, 3.05) is 29.3 Å². The molecule has 1 aromatic carbocycles. The third-order valence-electron chi connectivity index (χ3n) is 8.45. The van der Waals surface area contributed by atoms with Crippen LogP contribution in [-0.2, 0) is 24.6 Å². The molecule has 10 nitrogen and oxygen atoms in total. The average molecular weight is 518 g/mol. The Morgan fingerprint density at radius 3 is 2.44 bits per heavy atom. The lowest BCUT2D eigenvalue weighted by Crippen LogP contribution is -2.61. The summed E-state index contributed by atoms with van der Waals surface area (Å²) in [6.07, 6.45) is 5.89. The summed E-state index contributed by atoms with van der Waals surface area (Å²) in [5.41, 5.74) is 6.33. The zero-order valence-corrected chi connectivity index (χ0v) is 21.4. The minimum Gasteiger partial charge on any atom is -0.370 e. The number of para-hydroxylation sites is 2. The summed E-state index contributed by atoms with van der Waals surface area (Å²) >= 11 is 0. The number of carbonyl (C=O) groups is 3. The maximum absolute atomic E-state index is 13.5. The second-order valence-electron chi connectivity index (χ2n) is 11.2. The monoisotopic (exact) mass is 517 g/mol. The van der Waals surface area contributed by atoms with Crippen LogP contribution in [0.3, 0.4) is 0 Å². The van der Waals surface area contributed by atoms with Crippen molar-refractivity contribution in [3.05, 3.63) is 24.3 Å². The second-order valence-corrected chi connectivity index (χ2v) is 13.0. The largest absolute Gasteiger partial charge is 0.370 e. The number of hydrogen-bond donors (Lipinski definition) is 3. The Balaban J connectivity index is 1.27. The van der Waals surface area contributed by atoms with Crippen LogP contribution in [0.5, 0.6) is 0 Å². The average Bonchev–Trinajstić information content (AvgIpc) is 2.76. The van der Waals surface area contributed by atoms with E-state index in [4.69, 9.17) is 5.73 Å².